The van der Waals surface area contributed by atoms with Crippen molar-refractivity contribution in [3.8, 4) is 23.0 Å². The van der Waals surface area contributed by atoms with Crippen LogP contribution in [0.3, 0.4) is 0 Å². The second-order valence-electron chi connectivity index (χ2n) is 6.91. The van der Waals surface area contributed by atoms with Gasteiger partial charge < -0.3 is 30.0 Å². The van der Waals surface area contributed by atoms with Gasteiger partial charge in [-0.25, -0.2) is 4.99 Å². The summed E-state index contributed by atoms with van der Waals surface area (Å²) in [6.45, 7) is 0.428. The molecule has 0 aliphatic heterocycles. The second-order valence-corrected chi connectivity index (χ2v) is 6.91. The molecule has 0 spiro atoms. The van der Waals surface area contributed by atoms with E-state index in [1.165, 1.54) is 12.8 Å². The number of ether oxygens (including phenoxy) is 4. The number of nitrogens with two attached hydrogens (primary N) is 1. The van der Waals surface area contributed by atoms with Crippen LogP contribution in [0.15, 0.2) is 41.4 Å². The smallest absolute Gasteiger partial charge is 0.193 e. The molecular weight excluding hydrogens is 497 g/mol. The van der Waals surface area contributed by atoms with E-state index in [9.17, 15) is 0 Å². The van der Waals surface area contributed by atoms with Gasteiger partial charge in [0.15, 0.2) is 29.0 Å². The molecule has 0 heterocycles. The lowest BCUT2D eigenvalue weighted by Crippen LogP contribution is -2.22. The molecule has 1 aliphatic rings. The van der Waals surface area contributed by atoms with Crippen molar-refractivity contribution >= 4 is 35.6 Å². The van der Waals surface area contributed by atoms with Crippen molar-refractivity contribution in [1.82, 2.24) is 0 Å². The summed E-state index contributed by atoms with van der Waals surface area (Å²) in [5.74, 6) is 3.08. The number of aliphatic imine (C=N–C) groups is 1. The first-order valence-electron chi connectivity index (χ1n) is 9.75. The fraction of sp³-hybridized carbons (Fsp3) is 0.409. The van der Waals surface area contributed by atoms with Gasteiger partial charge >= 0.3 is 0 Å². The summed E-state index contributed by atoms with van der Waals surface area (Å²) < 4.78 is 22.1. The molecule has 0 unspecified atom stereocenters. The van der Waals surface area contributed by atoms with Crippen molar-refractivity contribution in [2.45, 2.75) is 38.3 Å². The second kappa shape index (κ2) is 11.7. The van der Waals surface area contributed by atoms with Crippen LogP contribution in [0.4, 0.5) is 5.69 Å². The molecule has 2 aromatic carbocycles. The number of halogens is 1. The Bertz CT molecular complexity index is 854. The molecule has 8 heteroatoms. The summed E-state index contributed by atoms with van der Waals surface area (Å²) in [7, 11) is 4.84. The highest BCUT2D eigenvalue weighted by Crippen LogP contribution is 2.33. The summed E-state index contributed by atoms with van der Waals surface area (Å²) in [6.07, 6.45) is 4.88. The summed E-state index contributed by atoms with van der Waals surface area (Å²) in [5, 5.41) is 3.07. The number of nitrogens with zero attached hydrogens (tertiary/aromatic N) is 1. The normalized spacial score (nSPS) is 14.0. The minimum absolute atomic E-state index is 0. The zero-order valence-electron chi connectivity index (χ0n) is 17.6. The number of guanidine groups is 1. The molecule has 1 fully saturated rings. The highest BCUT2D eigenvalue weighted by molar-refractivity contribution is 14.0. The maximum Gasteiger partial charge on any atom is 0.193 e. The van der Waals surface area contributed by atoms with Crippen LogP contribution in [0.5, 0.6) is 23.0 Å². The molecule has 0 amide bonds. The summed E-state index contributed by atoms with van der Waals surface area (Å²) >= 11 is 0. The van der Waals surface area contributed by atoms with Gasteiger partial charge in [-0.2, -0.15) is 0 Å². The van der Waals surface area contributed by atoms with E-state index in [0.717, 1.165) is 35.6 Å². The maximum absolute atomic E-state index is 6.14. The Morgan fingerprint density at radius 3 is 2.23 bits per heavy atom. The quantitative estimate of drug-likeness (QED) is 0.297. The third-order valence-electron chi connectivity index (χ3n) is 4.91. The lowest BCUT2D eigenvalue weighted by Gasteiger charge is -2.16. The van der Waals surface area contributed by atoms with Crippen LogP contribution < -0.4 is 30.0 Å². The van der Waals surface area contributed by atoms with Crippen molar-refractivity contribution < 1.29 is 18.9 Å². The number of benzene rings is 2. The van der Waals surface area contributed by atoms with Gasteiger partial charge in [-0.1, -0.05) is 6.07 Å². The lowest BCUT2D eigenvalue weighted by atomic mass is 10.2. The number of rotatable bonds is 8. The average Bonchev–Trinajstić information content (AvgIpc) is 3.25. The Balaban J connectivity index is 0.00000320. The fourth-order valence-corrected chi connectivity index (χ4v) is 3.38. The van der Waals surface area contributed by atoms with Gasteiger partial charge in [-0.15, -0.1) is 24.0 Å². The van der Waals surface area contributed by atoms with Gasteiger partial charge in [0.2, 0.25) is 0 Å². The van der Waals surface area contributed by atoms with E-state index < -0.39 is 0 Å². The van der Waals surface area contributed by atoms with Crippen LogP contribution in [0.1, 0.15) is 31.2 Å². The van der Waals surface area contributed by atoms with Crippen LogP contribution >= 0.6 is 24.0 Å². The van der Waals surface area contributed by atoms with Gasteiger partial charge in [0.1, 0.15) is 0 Å². The Morgan fingerprint density at radius 2 is 1.57 bits per heavy atom. The maximum atomic E-state index is 6.14. The van der Waals surface area contributed by atoms with Crippen molar-refractivity contribution in [3.63, 3.8) is 0 Å². The molecule has 30 heavy (non-hydrogen) atoms. The zero-order chi connectivity index (χ0) is 20.6. The highest BCUT2D eigenvalue weighted by atomic mass is 127. The first kappa shape index (κ1) is 23.9. The van der Waals surface area contributed by atoms with Crippen molar-refractivity contribution in [2.24, 2.45) is 10.7 Å². The summed E-state index contributed by atoms with van der Waals surface area (Å²) in [4.78, 5) is 4.43. The molecule has 7 nitrogen and oxygen atoms in total. The molecular formula is C22H30IN3O4. The van der Waals surface area contributed by atoms with Gasteiger partial charge in [-0.3, -0.25) is 0 Å². The molecule has 2 aromatic rings. The van der Waals surface area contributed by atoms with Crippen molar-refractivity contribution in [1.29, 1.82) is 0 Å². The van der Waals surface area contributed by atoms with E-state index in [4.69, 9.17) is 24.7 Å². The topological polar surface area (TPSA) is 87.3 Å². The number of nitrogens with one attached hydrogen (secondary N) is 1. The van der Waals surface area contributed by atoms with Crippen LogP contribution in [0.25, 0.3) is 0 Å². The standard InChI is InChI=1S/C22H29N3O4.HI/c1-26-18-11-9-16(13-20(18)28-3)25-22(23)24-14-15-8-10-19(27-2)21(12-15)29-17-6-4-5-7-17;/h8-13,17H,4-7,14H2,1-3H3,(H3,23,24,25);1H. The SMILES string of the molecule is COc1ccc(NC(N)=NCc2ccc(OC)c(OC3CCCC3)c2)cc1OC.I. The van der Waals surface area contributed by atoms with E-state index in [0.29, 0.717) is 24.0 Å². The third kappa shape index (κ3) is 6.32. The Morgan fingerprint density at radius 1 is 0.933 bits per heavy atom. The first-order chi connectivity index (χ1) is 14.1. The molecule has 3 N–H and O–H groups in total. The van der Waals surface area contributed by atoms with E-state index in [-0.39, 0.29) is 30.1 Å². The molecule has 0 atom stereocenters. The molecule has 0 bridgehead atoms. The van der Waals surface area contributed by atoms with Gasteiger partial charge in [0, 0.05) is 11.8 Å². The number of anilines is 1. The molecule has 3 rings (SSSR count). The number of methoxy groups -OCH3 is 3. The van der Waals surface area contributed by atoms with Gasteiger partial charge in [0.05, 0.1) is 34.0 Å². The van der Waals surface area contributed by atoms with Crippen molar-refractivity contribution in [3.05, 3.63) is 42.0 Å². The van der Waals surface area contributed by atoms with Crippen LogP contribution in [-0.2, 0) is 6.54 Å². The zero-order valence-corrected chi connectivity index (χ0v) is 20.0. The van der Waals surface area contributed by atoms with Crippen LogP contribution in [0, 0.1) is 0 Å². The van der Waals surface area contributed by atoms with E-state index in [2.05, 4.69) is 10.3 Å². The Kier molecular flexibility index (Phi) is 9.35. The minimum atomic E-state index is 0. The molecule has 164 valence electrons. The molecule has 0 saturated heterocycles. The van der Waals surface area contributed by atoms with E-state index in [1.807, 2.05) is 36.4 Å². The molecule has 0 radical (unpaired) electrons. The molecule has 1 saturated carbocycles. The lowest BCUT2D eigenvalue weighted by molar-refractivity contribution is 0.200. The highest BCUT2D eigenvalue weighted by Gasteiger charge is 2.18. The fourth-order valence-electron chi connectivity index (χ4n) is 3.38. The Hall–Kier alpha value is -2.36. The summed E-state index contributed by atoms with van der Waals surface area (Å²) in [6, 6.07) is 11.3. The Labute approximate surface area is 195 Å². The largest absolute Gasteiger partial charge is 0.493 e. The number of hydrogen-bond acceptors (Lipinski definition) is 5. The van der Waals surface area contributed by atoms with Crippen molar-refractivity contribution in [2.75, 3.05) is 26.6 Å². The monoisotopic (exact) mass is 527 g/mol. The minimum Gasteiger partial charge on any atom is -0.493 e. The van der Waals surface area contributed by atoms with Gasteiger partial charge in [-0.05, 0) is 55.5 Å². The van der Waals surface area contributed by atoms with Gasteiger partial charge in [0.25, 0.3) is 0 Å². The molecule has 1 aliphatic carbocycles. The third-order valence-corrected chi connectivity index (χ3v) is 4.91. The van der Waals surface area contributed by atoms with Crippen LogP contribution in [0.2, 0.25) is 0 Å². The first-order valence-corrected chi connectivity index (χ1v) is 9.75. The number of hydrogen-bond donors (Lipinski definition) is 2. The molecule has 0 aromatic heterocycles. The van der Waals surface area contributed by atoms with E-state index in [1.54, 1.807) is 21.3 Å². The predicted octanol–water partition coefficient (Wildman–Crippen LogP) is 4.58. The average molecular weight is 527 g/mol. The predicted molar refractivity (Wildman–Crippen MR) is 130 cm³/mol. The summed E-state index contributed by atoms with van der Waals surface area (Å²) in [5.41, 5.74) is 7.82. The van der Waals surface area contributed by atoms with E-state index >= 15 is 0 Å². The van der Waals surface area contributed by atoms with Crippen LogP contribution in [-0.4, -0.2) is 33.4 Å².